The molecule has 1 N–H and O–H groups in total. The van der Waals surface area contributed by atoms with Crippen molar-refractivity contribution in [2.24, 2.45) is 0 Å². The first-order valence-electron chi connectivity index (χ1n) is 5.58. The number of carbonyl (C=O) groups excluding carboxylic acids is 1. The predicted octanol–water partition coefficient (Wildman–Crippen LogP) is 1.08. The second-order valence-electron chi connectivity index (χ2n) is 3.66. The summed E-state index contributed by atoms with van der Waals surface area (Å²) in [6.45, 7) is 1.75. The zero-order chi connectivity index (χ0) is 14.3. The smallest absolute Gasteiger partial charge is 0.261 e. The van der Waals surface area contributed by atoms with Crippen molar-refractivity contribution in [3.8, 4) is 29.9 Å². The number of nitrogens with zero attached hydrogens (tertiary/aromatic N) is 1. The molecule has 1 aromatic rings. The first-order chi connectivity index (χ1) is 9.12. The van der Waals surface area contributed by atoms with Crippen molar-refractivity contribution in [1.29, 1.82) is 5.26 Å². The van der Waals surface area contributed by atoms with Gasteiger partial charge < -0.3 is 14.8 Å². The first-order valence-corrected chi connectivity index (χ1v) is 5.58. The van der Waals surface area contributed by atoms with Gasteiger partial charge in [-0.25, -0.2) is 0 Å². The standard InChI is InChI=1S/C14H14N2O3/c1-4-7-16-14(17)10(2)19-12-6-5-11(9-15)8-13(12)18-3/h1,5-6,8,10H,7H2,2-3H3,(H,16,17). The highest BCUT2D eigenvalue weighted by molar-refractivity contribution is 5.81. The Balaban J connectivity index is 2.79. The van der Waals surface area contributed by atoms with Crippen LogP contribution in [0.2, 0.25) is 0 Å². The Kier molecular flexibility index (Phi) is 5.25. The highest BCUT2D eigenvalue weighted by atomic mass is 16.5. The van der Waals surface area contributed by atoms with E-state index in [2.05, 4.69) is 11.2 Å². The van der Waals surface area contributed by atoms with Crippen LogP contribution < -0.4 is 14.8 Å². The number of terminal acetylenes is 1. The molecule has 0 radical (unpaired) electrons. The molecule has 1 aromatic carbocycles. The molecular formula is C14H14N2O3. The monoisotopic (exact) mass is 258 g/mol. The van der Waals surface area contributed by atoms with Gasteiger partial charge in [0.1, 0.15) is 0 Å². The molecule has 0 fully saturated rings. The summed E-state index contributed by atoms with van der Waals surface area (Å²) < 4.78 is 10.6. The molecule has 5 heteroatoms. The third-order valence-corrected chi connectivity index (χ3v) is 2.33. The van der Waals surface area contributed by atoms with Crippen LogP contribution in [0.25, 0.3) is 0 Å². The molecule has 0 aliphatic rings. The van der Waals surface area contributed by atoms with Crippen LogP contribution in [0.15, 0.2) is 18.2 Å². The molecule has 0 bridgehead atoms. The van der Waals surface area contributed by atoms with Crippen molar-refractivity contribution in [3.05, 3.63) is 23.8 Å². The lowest BCUT2D eigenvalue weighted by atomic mass is 10.2. The number of nitriles is 1. The van der Waals surface area contributed by atoms with Gasteiger partial charge in [0.05, 0.1) is 25.3 Å². The van der Waals surface area contributed by atoms with E-state index in [1.807, 2.05) is 6.07 Å². The molecule has 19 heavy (non-hydrogen) atoms. The minimum absolute atomic E-state index is 0.150. The van der Waals surface area contributed by atoms with E-state index < -0.39 is 6.10 Å². The summed E-state index contributed by atoms with van der Waals surface area (Å²) >= 11 is 0. The maximum absolute atomic E-state index is 11.6. The Morgan fingerprint density at radius 1 is 1.53 bits per heavy atom. The normalized spacial score (nSPS) is 10.7. The summed E-state index contributed by atoms with van der Waals surface area (Å²) in [4.78, 5) is 11.6. The molecule has 0 aromatic heterocycles. The number of ether oxygens (including phenoxy) is 2. The Hall–Kier alpha value is -2.66. The second kappa shape index (κ2) is 6.93. The Morgan fingerprint density at radius 2 is 2.26 bits per heavy atom. The summed E-state index contributed by atoms with van der Waals surface area (Å²) in [5.74, 6) is 2.78. The van der Waals surface area contributed by atoms with E-state index in [1.54, 1.807) is 25.1 Å². The van der Waals surface area contributed by atoms with Gasteiger partial charge in [0, 0.05) is 6.07 Å². The largest absolute Gasteiger partial charge is 0.493 e. The summed E-state index contributed by atoms with van der Waals surface area (Å²) in [5, 5.41) is 11.3. The van der Waals surface area contributed by atoms with Crippen LogP contribution in [-0.2, 0) is 4.79 Å². The molecule has 1 amide bonds. The summed E-state index contributed by atoms with van der Waals surface area (Å²) in [5.41, 5.74) is 0.452. The fraction of sp³-hybridized carbons (Fsp3) is 0.286. The van der Waals surface area contributed by atoms with Gasteiger partial charge in [0.2, 0.25) is 0 Å². The quantitative estimate of drug-likeness (QED) is 0.802. The maximum Gasteiger partial charge on any atom is 0.261 e. The van der Waals surface area contributed by atoms with Crippen molar-refractivity contribution in [3.63, 3.8) is 0 Å². The van der Waals surface area contributed by atoms with E-state index in [9.17, 15) is 4.79 Å². The number of rotatable bonds is 5. The molecule has 0 saturated heterocycles. The number of hydrogen-bond acceptors (Lipinski definition) is 4. The van der Waals surface area contributed by atoms with Gasteiger partial charge >= 0.3 is 0 Å². The van der Waals surface area contributed by atoms with E-state index in [1.165, 1.54) is 7.11 Å². The highest BCUT2D eigenvalue weighted by Gasteiger charge is 2.16. The minimum atomic E-state index is -0.713. The van der Waals surface area contributed by atoms with Crippen LogP contribution in [0.4, 0.5) is 0 Å². The van der Waals surface area contributed by atoms with Crippen LogP contribution in [0, 0.1) is 23.7 Å². The fourth-order valence-corrected chi connectivity index (χ4v) is 1.36. The van der Waals surface area contributed by atoms with Crippen molar-refractivity contribution in [2.75, 3.05) is 13.7 Å². The Labute approximate surface area is 112 Å². The number of methoxy groups -OCH3 is 1. The van der Waals surface area contributed by atoms with Gasteiger partial charge in [0.25, 0.3) is 5.91 Å². The molecule has 0 heterocycles. The lowest BCUT2D eigenvalue weighted by Crippen LogP contribution is -2.36. The zero-order valence-corrected chi connectivity index (χ0v) is 10.8. The highest BCUT2D eigenvalue weighted by Crippen LogP contribution is 2.28. The van der Waals surface area contributed by atoms with Crippen LogP contribution >= 0.6 is 0 Å². The van der Waals surface area contributed by atoms with Crippen LogP contribution in [0.1, 0.15) is 12.5 Å². The van der Waals surface area contributed by atoms with Gasteiger partial charge in [-0.15, -0.1) is 6.42 Å². The third-order valence-electron chi connectivity index (χ3n) is 2.33. The van der Waals surface area contributed by atoms with Crippen LogP contribution in [0.3, 0.4) is 0 Å². The Bertz CT molecular complexity index is 541. The topological polar surface area (TPSA) is 71.3 Å². The van der Waals surface area contributed by atoms with Crippen molar-refractivity contribution >= 4 is 5.91 Å². The van der Waals surface area contributed by atoms with Gasteiger partial charge in [-0.05, 0) is 19.1 Å². The molecular weight excluding hydrogens is 244 g/mol. The number of carbonyl (C=O) groups is 1. The van der Waals surface area contributed by atoms with Crippen molar-refractivity contribution in [2.45, 2.75) is 13.0 Å². The average Bonchev–Trinajstić information content (AvgIpc) is 2.44. The lowest BCUT2D eigenvalue weighted by molar-refractivity contribution is -0.127. The molecule has 0 aliphatic heterocycles. The van der Waals surface area contributed by atoms with E-state index >= 15 is 0 Å². The summed E-state index contributed by atoms with van der Waals surface area (Å²) in [6.07, 6.45) is 4.34. The zero-order valence-electron chi connectivity index (χ0n) is 10.8. The van der Waals surface area contributed by atoms with E-state index in [0.29, 0.717) is 17.1 Å². The van der Waals surface area contributed by atoms with Crippen molar-refractivity contribution < 1.29 is 14.3 Å². The number of nitrogens with one attached hydrogen (secondary N) is 1. The summed E-state index contributed by atoms with van der Waals surface area (Å²) in [7, 11) is 1.46. The maximum atomic E-state index is 11.6. The van der Waals surface area contributed by atoms with Crippen LogP contribution in [-0.4, -0.2) is 25.7 Å². The van der Waals surface area contributed by atoms with Crippen LogP contribution in [0.5, 0.6) is 11.5 Å². The number of hydrogen-bond donors (Lipinski definition) is 1. The van der Waals surface area contributed by atoms with E-state index in [0.717, 1.165) is 0 Å². The molecule has 5 nitrogen and oxygen atoms in total. The third kappa shape index (κ3) is 3.93. The number of benzene rings is 1. The average molecular weight is 258 g/mol. The van der Waals surface area contributed by atoms with E-state index in [4.69, 9.17) is 21.2 Å². The van der Waals surface area contributed by atoms with E-state index in [-0.39, 0.29) is 12.5 Å². The van der Waals surface area contributed by atoms with Gasteiger partial charge in [-0.3, -0.25) is 4.79 Å². The number of amides is 1. The molecule has 0 saturated carbocycles. The molecule has 0 aliphatic carbocycles. The Morgan fingerprint density at radius 3 is 2.84 bits per heavy atom. The van der Waals surface area contributed by atoms with Gasteiger partial charge in [-0.2, -0.15) is 5.26 Å². The molecule has 1 rings (SSSR count). The molecule has 0 spiro atoms. The molecule has 1 atom stereocenters. The van der Waals surface area contributed by atoms with Crippen molar-refractivity contribution in [1.82, 2.24) is 5.32 Å². The summed E-state index contributed by atoms with van der Waals surface area (Å²) in [6, 6.07) is 6.71. The fourth-order valence-electron chi connectivity index (χ4n) is 1.36. The SMILES string of the molecule is C#CCNC(=O)C(C)Oc1ccc(C#N)cc1OC. The lowest BCUT2D eigenvalue weighted by Gasteiger charge is -2.16. The predicted molar refractivity (Wildman–Crippen MR) is 69.6 cm³/mol. The molecule has 1 unspecified atom stereocenters. The molecule has 98 valence electrons. The second-order valence-corrected chi connectivity index (χ2v) is 3.66. The first kappa shape index (κ1) is 14.4. The minimum Gasteiger partial charge on any atom is -0.493 e. The van der Waals surface area contributed by atoms with Gasteiger partial charge in [-0.1, -0.05) is 5.92 Å². The van der Waals surface area contributed by atoms with Gasteiger partial charge in [0.15, 0.2) is 17.6 Å².